The molecule has 1 saturated heterocycles. The van der Waals surface area contributed by atoms with Crippen LogP contribution in [0.1, 0.15) is 62.3 Å². The lowest BCUT2D eigenvalue weighted by Gasteiger charge is -2.44. The van der Waals surface area contributed by atoms with Gasteiger partial charge < -0.3 is 23.6 Å². The van der Waals surface area contributed by atoms with Gasteiger partial charge in [-0.05, 0) is 54.3 Å². The number of carbonyl (C=O) groups excluding carboxylic acids is 1. The number of amides is 1. The van der Waals surface area contributed by atoms with E-state index in [1.807, 2.05) is 45.1 Å². The molecule has 4 atom stereocenters. The minimum Gasteiger partial charge on any atom is -0.414 e. The third-order valence-electron chi connectivity index (χ3n) is 8.91. The fourth-order valence-electron chi connectivity index (χ4n) is 5.56. The van der Waals surface area contributed by atoms with Gasteiger partial charge in [-0.1, -0.05) is 149 Å². The summed E-state index contributed by atoms with van der Waals surface area (Å²) in [4.78, 5) is 13.0. The molecule has 1 amide bonds. The number of carbonyl (C=O) groups is 1. The predicted octanol–water partition coefficient (Wildman–Crippen LogP) is 7.90. The minimum absolute atomic E-state index is 0.00812. The lowest BCUT2D eigenvalue weighted by molar-refractivity contribution is -0.150. The molecular weight excluding hydrogens is 677 g/mol. The van der Waals surface area contributed by atoms with Gasteiger partial charge in [-0.25, -0.2) is 0 Å². The number of benzene rings is 2. The molecule has 6 nitrogen and oxygen atoms in total. The van der Waals surface area contributed by atoms with E-state index >= 15 is 0 Å². The van der Waals surface area contributed by atoms with Crippen molar-refractivity contribution in [3.05, 3.63) is 72.8 Å². The van der Waals surface area contributed by atoms with Crippen molar-refractivity contribution in [2.24, 2.45) is 0 Å². The summed E-state index contributed by atoms with van der Waals surface area (Å²) >= 11 is 18.1. The summed E-state index contributed by atoms with van der Waals surface area (Å²) in [7, 11) is -4.95. The average molecular weight is 729 g/mol. The second-order valence-corrected chi connectivity index (χ2v) is 26.4. The van der Waals surface area contributed by atoms with Crippen LogP contribution >= 0.6 is 34.8 Å². The molecule has 2 aromatic carbocycles. The van der Waals surface area contributed by atoms with Crippen LogP contribution in [0.25, 0.3) is 0 Å². The Bertz CT molecular complexity index is 1280. The molecule has 2 aromatic rings. The highest BCUT2D eigenvalue weighted by atomic mass is 35.6. The van der Waals surface area contributed by atoms with Gasteiger partial charge in [0.1, 0.15) is 12.2 Å². The Hall–Kier alpha value is -1.21. The summed E-state index contributed by atoms with van der Waals surface area (Å²) in [5, 5.41) is 5.04. The van der Waals surface area contributed by atoms with E-state index < -0.39 is 50.4 Å². The van der Waals surface area contributed by atoms with Gasteiger partial charge in [-0.15, -0.1) is 0 Å². The zero-order chi connectivity index (χ0) is 34.8. The molecule has 0 radical (unpaired) electrons. The largest absolute Gasteiger partial charge is 0.414 e. The van der Waals surface area contributed by atoms with E-state index in [1.165, 1.54) is 10.4 Å². The minimum atomic E-state index is -2.84. The van der Waals surface area contributed by atoms with Crippen molar-refractivity contribution in [3.8, 4) is 0 Å². The monoisotopic (exact) mass is 727 g/mol. The Balaban J connectivity index is 2.01. The van der Waals surface area contributed by atoms with Crippen molar-refractivity contribution < 1.29 is 23.1 Å². The molecule has 0 spiro atoms. The normalized spacial score (nSPS) is 20.9. The summed E-state index contributed by atoms with van der Waals surface area (Å²) in [6, 6.07) is 20.2. The van der Waals surface area contributed by atoms with Crippen molar-refractivity contribution in [3.63, 3.8) is 0 Å². The van der Waals surface area contributed by atoms with E-state index in [4.69, 9.17) is 53.1 Å². The number of nitrogens with one attached hydrogen (secondary N) is 1. The Kier molecular flexibility index (Phi) is 12.6. The molecule has 0 bridgehead atoms. The Labute approximate surface area is 293 Å². The Morgan fingerprint density at radius 2 is 1.39 bits per heavy atom. The summed E-state index contributed by atoms with van der Waals surface area (Å²) < 4.78 is 24.3. The number of alkyl halides is 3. The second kappa shape index (κ2) is 14.7. The third kappa shape index (κ3) is 9.48. The zero-order valence-electron chi connectivity index (χ0n) is 29.1. The predicted molar refractivity (Wildman–Crippen MR) is 197 cm³/mol. The summed E-state index contributed by atoms with van der Waals surface area (Å²) in [5.74, 6) is -1.68. The van der Waals surface area contributed by atoms with Crippen LogP contribution in [0.3, 0.4) is 0 Å². The van der Waals surface area contributed by atoms with E-state index in [1.54, 1.807) is 0 Å². The maximum absolute atomic E-state index is 13.0. The van der Waals surface area contributed by atoms with Crippen molar-refractivity contribution in [2.75, 3.05) is 6.61 Å². The smallest absolute Gasteiger partial charge is 0.272 e. The fourth-order valence-corrected chi connectivity index (χ4v) is 11.4. The number of hydrogen-bond acceptors (Lipinski definition) is 5. The van der Waals surface area contributed by atoms with Gasteiger partial charge in [0, 0.05) is 0 Å². The first-order valence-corrected chi connectivity index (χ1v) is 21.8. The van der Waals surface area contributed by atoms with Crippen LogP contribution in [0.2, 0.25) is 23.2 Å². The number of ether oxygens (including phenoxy) is 2. The van der Waals surface area contributed by atoms with Crippen LogP contribution in [0, 0.1) is 0 Å². The van der Waals surface area contributed by atoms with Gasteiger partial charge >= 0.3 is 0 Å². The Morgan fingerprint density at radius 1 is 0.891 bits per heavy atom. The molecular formula is C35H52Cl3NO5Si2. The van der Waals surface area contributed by atoms with Crippen molar-refractivity contribution in [2.45, 2.75) is 119 Å². The molecule has 256 valence electrons. The molecule has 1 aliphatic heterocycles. The first-order valence-electron chi connectivity index (χ1n) is 15.8. The van der Waals surface area contributed by atoms with E-state index in [0.717, 1.165) is 0 Å². The van der Waals surface area contributed by atoms with Crippen LogP contribution in [0.15, 0.2) is 72.8 Å². The molecule has 3 rings (SSSR count). The number of hydrogen-bond donors (Lipinski definition) is 1. The van der Waals surface area contributed by atoms with Gasteiger partial charge in [-0.2, -0.15) is 0 Å². The molecule has 1 fully saturated rings. The van der Waals surface area contributed by atoms with E-state index in [2.05, 4.69) is 108 Å². The van der Waals surface area contributed by atoms with Crippen LogP contribution in [0.4, 0.5) is 0 Å². The summed E-state index contributed by atoms with van der Waals surface area (Å²) in [6.45, 7) is 23.6. The van der Waals surface area contributed by atoms with Gasteiger partial charge in [0.25, 0.3) is 18.0 Å². The van der Waals surface area contributed by atoms with Crippen LogP contribution in [-0.4, -0.2) is 63.1 Å². The highest BCUT2D eigenvalue weighted by Gasteiger charge is 2.51. The van der Waals surface area contributed by atoms with Gasteiger partial charge in [-0.3, -0.25) is 4.79 Å². The third-order valence-corrected chi connectivity index (χ3v) is 19.1. The maximum Gasteiger partial charge on any atom is 0.272 e. The molecule has 1 aliphatic rings. The second-order valence-electron chi connectivity index (χ2n) is 15.1. The van der Waals surface area contributed by atoms with Crippen molar-refractivity contribution in [1.29, 1.82) is 0 Å². The molecule has 0 saturated carbocycles. The van der Waals surface area contributed by atoms with Crippen LogP contribution in [-0.2, 0) is 23.1 Å². The first kappa shape index (κ1) is 39.2. The SMILES string of the molecule is C[C@@H](/C=C/[C@@H](NC(=O)C(Cl)(Cl)Cl)[C@@H]1OC(C)(C)O[C@H]1CO[Si](C)(C)C(C)(C)C)O[Si](c1ccccc1)(c1ccccc1)C(C)(C)C. The zero-order valence-corrected chi connectivity index (χ0v) is 33.4. The molecule has 11 heteroatoms. The average Bonchev–Trinajstić information content (AvgIpc) is 3.26. The quantitative estimate of drug-likeness (QED) is 0.145. The van der Waals surface area contributed by atoms with E-state index in [9.17, 15) is 4.79 Å². The molecule has 1 N–H and O–H groups in total. The van der Waals surface area contributed by atoms with E-state index in [0.29, 0.717) is 6.61 Å². The van der Waals surface area contributed by atoms with Crippen molar-refractivity contribution >= 4 is 67.7 Å². The lowest BCUT2D eigenvalue weighted by Crippen LogP contribution is -2.67. The summed E-state index contributed by atoms with van der Waals surface area (Å²) in [5.41, 5.74) is 0. The Morgan fingerprint density at radius 3 is 1.83 bits per heavy atom. The lowest BCUT2D eigenvalue weighted by atomic mass is 10.0. The highest BCUT2D eigenvalue weighted by molar-refractivity contribution is 6.99. The molecule has 1 heterocycles. The van der Waals surface area contributed by atoms with Crippen LogP contribution < -0.4 is 15.7 Å². The van der Waals surface area contributed by atoms with Gasteiger partial charge in [0.2, 0.25) is 0 Å². The van der Waals surface area contributed by atoms with E-state index in [-0.39, 0.29) is 16.2 Å². The molecule has 0 aromatic heterocycles. The first-order chi connectivity index (χ1) is 21.0. The van der Waals surface area contributed by atoms with Crippen molar-refractivity contribution in [1.82, 2.24) is 5.32 Å². The topological polar surface area (TPSA) is 66.0 Å². The standard InChI is InChI=1S/C35H52Cl3NO5Si2/c1-25(44-46(33(5,6)7,26-18-14-12-15-19-26)27-20-16-13-17-21-27)22-23-28(39-31(40)35(36,37)38)30-29(42-34(8,9)43-30)24-41-45(10,11)32(2,3)4/h12-23,25,28-30H,24H2,1-11H3,(H,39,40)/b23-22+/t25-,28+,29-,30-/m0/s1. The summed E-state index contributed by atoms with van der Waals surface area (Å²) in [6.07, 6.45) is 2.36. The number of halogens is 3. The molecule has 0 unspecified atom stereocenters. The van der Waals surface area contributed by atoms with Crippen LogP contribution in [0.5, 0.6) is 0 Å². The fraction of sp³-hybridized carbons (Fsp3) is 0.571. The highest BCUT2D eigenvalue weighted by Crippen LogP contribution is 2.40. The number of rotatable bonds is 11. The van der Waals surface area contributed by atoms with Gasteiger partial charge in [0.05, 0.1) is 18.8 Å². The maximum atomic E-state index is 13.0. The molecule has 0 aliphatic carbocycles. The van der Waals surface area contributed by atoms with Gasteiger partial charge in [0.15, 0.2) is 14.1 Å². The molecule has 46 heavy (non-hydrogen) atoms.